The largest absolute Gasteiger partial charge is 0.394 e. The van der Waals surface area contributed by atoms with E-state index in [-0.39, 0.29) is 6.61 Å². The second-order valence-corrected chi connectivity index (χ2v) is 4.81. The van der Waals surface area contributed by atoms with Crippen LogP contribution in [0.5, 0.6) is 0 Å². The molecule has 0 aliphatic rings. The first-order valence-electron chi connectivity index (χ1n) is 5.86. The normalized spacial score (nSPS) is 11.4. The molecule has 0 unspecified atom stereocenters. The fraction of sp³-hybridized carbons (Fsp3) is 0.143. The number of aliphatic hydroxyl groups is 1. The quantitative estimate of drug-likeness (QED) is 0.882. The third-order valence-corrected chi connectivity index (χ3v) is 3.31. The number of halogens is 2. The van der Waals surface area contributed by atoms with Crippen molar-refractivity contribution in [1.82, 2.24) is 9.78 Å². The molecule has 2 aromatic rings. The zero-order chi connectivity index (χ0) is 14.5. The Morgan fingerprint density at radius 2 is 2.05 bits per heavy atom. The van der Waals surface area contributed by atoms with Crippen LogP contribution in [0, 0.1) is 11.3 Å². The average molecular weight is 308 g/mol. The molecular formula is C14H11Cl2N3O. The molecule has 0 aliphatic carbocycles. The standard InChI is InChI=1S/C14H11Cl2N3O/c15-12-2-1-3-13(16)11(12)8-10(9-17)14-4-5-19(18-14)6-7-20/h1-5,8,20H,6-7H2. The van der Waals surface area contributed by atoms with E-state index >= 15 is 0 Å². The van der Waals surface area contributed by atoms with Crippen LogP contribution in [0.25, 0.3) is 11.6 Å². The Kier molecular flexibility index (Phi) is 4.80. The summed E-state index contributed by atoms with van der Waals surface area (Å²) in [5, 5.41) is 23.3. The Bertz CT molecular complexity index is 666. The highest BCUT2D eigenvalue weighted by atomic mass is 35.5. The van der Waals surface area contributed by atoms with Gasteiger partial charge in [-0.15, -0.1) is 0 Å². The van der Waals surface area contributed by atoms with Crippen molar-refractivity contribution in [2.75, 3.05) is 6.61 Å². The molecule has 0 amide bonds. The number of allylic oxidation sites excluding steroid dienone is 1. The summed E-state index contributed by atoms with van der Waals surface area (Å²) in [5.41, 5.74) is 1.46. The molecular weight excluding hydrogens is 297 g/mol. The molecule has 0 atom stereocenters. The van der Waals surface area contributed by atoms with Gasteiger partial charge in [-0.3, -0.25) is 4.68 Å². The number of hydrogen-bond acceptors (Lipinski definition) is 3. The molecule has 1 aromatic carbocycles. The number of nitrogens with zero attached hydrogens (tertiary/aromatic N) is 3. The lowest BCUT2D eigenvalue weighted by atomic mass is 10.1. The van der Waals surface area contributed by atoms with E-state index in [0.29, 0.717) is 33.4 Å². The van der Waals surface area contributed by atoms with Crippen LogP contribution in [-0.4, -0.2) is 21.5 Å². The van der Waals surface area contributed by atoms with Crippen LogP contribution < -0.4 is 0 Å². The molecule has 0 bridgehead atoms. The van der Waals surface area contributed by atoms with E-state index in [9.17, 15) is 5.26 Å². The Morgan fingerprint density at radius 1 is 1.35 bits per heavy atom. The third kappa shape index (κ3) is 3.20. The maximum atomic E-state index is 9.26. The summed E-state index contributed by atoms with van der Waals surface area (Å²) in [7, 11) is 0. The molecule has 0 aliphatic heterocycles. The first kappa shape index (κ1) is 14.6. The topological polar surface area (TPSA) is 61.8 Å². The van der Waals surface area contributed by atoms with Crippen LogP contribution in [0.2, 0.25) is 10.0 Å². The van der Waals surface area contributed by atoms with E-state index in [1.807, 2.05) is 0 Å². The van der Waals surface area contributed by atoms with Gasteiger partial charge in [0.05, 0.1) is 18.7 Å². The average Bonchev–Trinajstić information content (AvgIpc) is 2.87. The third-order valence-electron chi connectivity index (χ3n) is 2.65. The van der Waals surface area contributed by atoms with E-state index < -0.39 is 0 Å². The highest BCUT2D eigenvalue weighted by molar-refractivity contribution is 6.37. The van der Waals surface area contributed by atoms with Crippen molar-refractivity contribution < 1.29 is 5.11 Å². The summed E-state index contributed by atoms with van der Waals surface area (Å²) in [6.45, 7) is 0.370. The van der Waals surface area contributed by atoms with Gasteiger partial charge in [-0.2, -0.15) is 10.4 Å². The lowest BCUT2D eigenvalue weighted by Crippen LogP contribution is -2.02. The molecule has 0 saturated heterocycles. The van der Waals surface area contributed by atoms with Crippen molar-refractivity contribution in [2.45, 2.75) is 6.54 Å². The fourth-order valence-electron chi connectivity index (χ4n) is 1.69. The van der Waals surface area contributed by atoms with Gasteiger partial charge in [0.1, 0.15) is 11.8 Å². The van der Waals surface area contributed by atoms with Gasteiger partial charge in [-0.05, 0) is 24.3 Å². The van der Waals surface area contributed by atoms with Gasteiger partial charge < -0.3 is 5.11 Å². The monoisotopic (exact) mass is 307 g/mol. The minimum absolute atomic E-state index is 0.0109. The SMILES string of the molecule is N#CC(=Cc1c(Cl)cccc1Cl)c1ccn(CCO)n1. The number of aliphatic hydroxyl groups excluding tert-OH is 1. The molecule has 6 heteroatoms. The van der Waals surface area contributed by atoms with E-state index in [2.05, 4.69) is 11.2 Å². The number of hydrogen-bond donors (Lipinski definition) is 1. The van der Waals surface area contributed by atoms with Crippen molar-refractivity contribution in [1.29, 1.82) is 5.26 Å². The van der Waals surface area contributed by atoms with Gasteiger partial charge >= 0.3 is 0 Å². The highest BCUT2D eigenvalue weighted by Crippen LogP contribution is 2.28. The molecule has 1 aromatic heterocycles. The predicted octanol–water partition coefficient (Wildman–Crippen LogP) is 3.25. The lowest BCUT2D eigenvalue weighted by Gasteiger charge is -2.02. The van der Waals surface area contributed by atoms with Gasteiger partial charge in [-0.25, -0.2) is 0 Å². The van der Waals surface area contributed by atoms with Gasteiger partial charge in [0, 0.05) is 21.8 Å². The molecule has 20 heavy (non-hydrogen) atoms. The highest BCUT2D eigenvalue weighted by Gasteiger charge is 2.09. The molecule has 0 radical (unpaired) electrons. The Balaban J connectivity index is 2.41. The molecule has 1 heterocycles. The second kappa shape index (κ2) is 6.58. The number of aromatic nitrogens is 2. The van der Waals surface area contributed by atoms with Crippen molar-refractivity contribution in [2.24, 2.45) is 0 Å². The summed E-state index contributed by atoms with van der Waals surface area (Å²) >= 11 is 12.2. The predicted molar refractivity (Wildman–Crippen MR) is 79.3 cm³/mol. The van der Waals surface area contributed by atoms with Gasteiger partial charge in [0.2, 0.25) is 0 Å². The van der Waals surface area contributed by atoms with Crippen LogP contribution in [-0.2, 0) is 6.54 Å². The van der Waals surface area contributed by atoms with Crippen LogP contribution >= 0.6 is 23.2 Å². The van der Waals surface area contributed by atoms with Gasteiger partial charge in [0.25, 0.3) is 0 Å². The molecule has 102 valence electrons. The Hall–Kier alpha value is -1.80. The smallest absolute Gasteiger partial charge is 0.103 e. The van der Waals surface area contributed by atoms with Crippen molar-refractivity contribution in [3.63, 3.8) is 0 Å². The van der Waals surface area contributed by atoms with Crippen molar-refractivity contribution in [3.8, 4) is 6.07 Å². The van der Waals surface area contributed by atoms with E-state index in [4.69, 9.17) is 28.3 Å². The second-order valence-electron chi connectivity index (χ2n) is 3.99. The number of benzene rings is 1. The summed E-state index contributed by atoms with van der Waals surface area (Å²) < 4.78 is 1.56. The summed E-state index contributed by atoms with van der Waals surface area (Å²) in [5.74, 6) is 0. The van der Waals surface area contributed by atoms with Gasteiger partial charge in [0.15, 0.2) is 0 Å². The zero-order valence-electron chi connectivity index (χ0n) is 10.4. The summed E-state index contributed by atoms with van der Waals surface area (Å²) in [6.07, 6.45) is 3.31. The van der Waals surface area contributed by atoms with E-state index in [1.165, 1.54) is 0 Å². The first-order valence-corrected chi connectivity index (χ1v) is 6.62. The van der Waals surface area contributed by atoms with E-state index in [1.54, 1.807) is 41.2 Å². The van der Waals surface area contributed by atoms with Crippen LogP contribution in [0.4, 0.5) is 0 Å². The summed E-state index contributed by atoms with van der Waals surface area (Å²) in [4.78, 5) is 0. The number of nitriles is 1. The van der Waals surface area contributed by atoms with Crippen molar-refractivity contribution in [3.05, 3.63) is 51.8 Å². The molecule has 0 fully saturated rings. The maximum Gasteiger partial charge on any atom is 0.103 e. The Morgan fingerprint density at radius 3 is 2.65 bits per heavy atom. The minimum Gasteiger partial charge on any atom is -0.394 e. The minimum atomic E-state index is -0.0109. The lowest BCUT2D eigenvalue weighted by molar-refractivity contribution is 0.269. The fourth-order valence-corrected chi connectivity index (χ4v) is 2.20. The van der Waals surface area contributed by atoms with E-state index in [0.717, 1.165) is 0 Å². The molecule has 4 nitrogen and oxygen atoms in total. The van der Waals surface area contributed by atoms with Crippen LogP contribution in [0.3, 0.4) is 0 Å². The first-order chi connectivity index (χ1) is 9.65. The Labute approximate surface area is 126 Å². The van der Waals surface area contributed by atoms with Crippen LogP contribution in [0.1, 0.15) is 11.3 Å². The maximum absolute atomic E-state index is 9.26. The number of rotatable bonds is 4. The van der Waals surface area contributed by atoms with Gasteiger partial charge in [-0.1, -0.05) is 29.3 Å². The van der Waals surface area contributed by atoms with Crippen molar-refractivity contribution >= 4 is 34.9 Å². The summed E-state index contributed by atoms with van der Waals surface area (Å²) in [6, 6.07) is 8.94. The molecule has 0 saturated carbocycles. The molecule has 2 rings (SSSR count). The van der Waals surface area contributed by atoms with Crippen LogP contribution in [0.15, 0.2) is 30.5 Å². The molecule has 1 N–H and O–H groups in total. The molecule has 0 spiro atoms. The zero-order valence-corrected chi connectivity index (χ0v) is 11.9.